The molecule has 1 saturated carbocycles. The Kier molecular flexibility index (Phi) is 17.4. The lowest BCUT2D eigenvalue weighted by Gasteiger charge is -2.30. The van der Waals surface area contributed by atoms with E-state index < -0.39 is 17.4 Å². The highest BCUT2D eigenvalue weighted by Crippen LogP contribution is 2.38. The molecule has 1 aliphatic rings. The van der Waals surface area contributed by atoms with Gasteiger partial charge in [0.2, 0.25) is 0 Å². The van der Waals surface area contributed by atoms with Gasteiger partial charge in [-0.1, -0.05) is 89.1 Å². The summed E-state index contributed by atoms with van der Waals surface area (Å²) in [5, 5.41) is 20.5. The molecule has 7 nitrogen and oxygen atoms in total. The molecule has 1 aliphatic carbocycles. The first-order valence-electron chi connectivity index (χ1n) is 20.5. The number of aliphatic hydroxyl groups excluding tert-OH is 2. The predicted molar refractivity (Wildman–Crippen MR) is 222 cm³/mol. The number of rotatable bonds is 22. The average molecular weight is 771 g/mol. The molecule has 0 amide bonds. The number of carbonyl (C=O) groups excluding carboxylic acids is 2. The van der Waals surface area contributed by atoms with Crippen LogP contribution < -0.4 is 4.74 Å². The standard InChI is InChI=1S/C48H63FO7/c1-7-8-23-48(31-50,32-51)24-27-54-45-40(11-9-25-55-46(52)33(2)3)28-42(29-41(45)12-10-26-56-47(53)34(4)5)43-22-21-39(30-44(43)49)38-19-17-37(18-20-38)36-15-13-35(6)14-16-36/h17-22,28-30,35-36,50-51H,2,4,7-16,23-27,31-32H2,1,3,5-6H3. The Hall–Kier alpha value is -4.27. The van der Waals surface area contributed by atoms with Crippen molar-refractivity contribution < 1.29 is 38.4 Å². The molecule has 0 heterocycles. The fraction of sp³-hybridized carbons (Fsp3) is 0.500. The average Bonchev–Trinajstić information content (AvgIpc) is 3.20. The molecule has 56 heavy (non-hydrogen) atoms. The Labute approximate surface area is 334 Å². The Morgan fingerprint density at radius 1 is 0.750 bits per heavy atom. The SMILES string of the molecule is C=C(C)C(=O)OCCCc1cc(-c2ccc(-c3ccc(C4CCC(C)CC4)cc3)cc2F)cc(CCCOC(=O)C(=C)C)c1OCCC(CO)(CO)CCCC. The van der Waals surface area contributed by atoms with Crippen LogP contribution in [0.25, 0.3) is 22.3 Å². The van der Waals surface area contributed by atoms with E-state index in [4.69, 9.17) is 14.2 Å². The molecule has 0 bridgehead atoms. The summed E-state index contributed by atoms with van der Waals surface area (Å²) >= 11 is 0. The molecule has 2 N–H and O–H groups in total. The molecular formula is C48H63FO7. The van der Waals surface area contributed by atoms with E-state index in [2.05, 4.69) is 51.3 Å². The van der Waals surface area contributed by atoms with Gasteiger partial charge in [-0.25, -0.2) is 14.0 Å². The van der Waals surface area contributed by atoms with Gasteiger partial charge in [0.1, 0.15) is 11.6 Å². The van der Waals surface area contributed by atoms with Crippen LogP contribution in [-0.4, -0.2) is 55.2 Å². The van der Waals surface area contributed by atoms with Crippen molar-refractivity contribution in [2.45, 2.75) is 111 Å². The molecule has 0 aromatic heterocycles. The van der Waals surface area contributed by atoms with Gasteiger partial charge in [0.15, 0.2) is 0 Å². The zero-order chi connectivity index (χ0) is 40.7. The number of benzene rings is 3. The minimum Gasteiger partial charge on any atom is -0.493 e. The van der Waals surface area contributed by atoms with E-state index in [0.29, 0.717) is 72.5 Å². The highest BCUT2D eigenvalue weighted by molar-refractivity contribution is 5.87. The van der Waals surface area contributed by atoms with Gasteiger partial charge in [0.05, 0.1) is 33.0 Å². The monoisotopic (exact) mass is 770 g/mol. The Morgan fingerprint density at radius 2 is 1.30 bits per heavy atom. The summed E-state index contributed by atoms with van der Waals surface area (Å²) in [6.07, 6.45) is 9.75. The first kappa shape index (κ1) is 44.4. The van der Waals surface area contributed by atoms with Gasteiger partial charge in [0.25, 0.3) is 0 Å². The molecule has 4 rings (SSSR count). The van der Waals surface area contributed by atoms with Crippen LogP contribution in [0.15, 0.2) is 78.9 Å². The summed E-state index contributed by atoms with van der Waals surface area (Å²) in [7, 11) is 0. The van der Waals surface area contributed by atoms with Gasteiger partial charge in [0, 0.05) is 22.1 Å². The first-order valence-corrected chi connectivity index (χ1v) is 20.5. The number of ether oxygens (including phenoxy) is 3. The molecule has 1 fully saturated rings. The first-order chi connectivity index (χ1) is 26.9. The summed E-state index contributed by atoms with van der Waals surface area (Å²) in [5.41, 5.74) is 5.81. The number of aryl methyl sites for hydroxylation is 2. The number of unbranched alkanes of at least 4 members (excludes halogenated alkanes) is 1. The predicted octanol–water partition coefficient (Wildman–Crippen LogP) is 10.5. The van der Waals surface area contributed by atoms with E-state index in [1.807, 2.05) is 24.3 Å². The molecule has 8 heteroatoms. The third-order valence-electron chi connectivity index (χ3n) is 11.2. The lowest BCUT2D eigenvalue weighted by atomic mass is 9.79. The number of aliphatic hydroxyl groups is 2. The summed E-state index contributed by atoms with van der Waals surface area (Å²) in [6.45, 7) is 15.2. The molecule has 0 aliphatic heterocycles. The van der Waals surface area contributed by atoms with Gasteiger partial charge < -0.3 is 24.4 Å². The van der Waals surface area contributed by atoms with Gasteiger partial charge in [-0.2, -0.15) is 0 Å². The topological polar surface area (TPSA) is 102 Å². The highest BCUT2D eigenvalue weighted by atomic mass is 19.1. The van der Waals surface area contributed by atoms with E-state index >= 15 is 4.39 Å². The van der Waals surface area contributed by atoms with E-state index in [0.717, 1.165) is 41.0 Å². The second-order valence-corrected chi connectivity index (χ2v) is 16.0. The number of hydrogen-bond acceptors (Lipinski definition) is 7. The van der Waals surface area contributed by atoms with Crippen molar-refractivity contribution in [3.63, 3.8) is 0 Å². The maximum atomic E-state index is 16.2. The van der Waals surface area contributed by atoms with Crippen molar-refractivity contribution in [1.29, 1.82) is 0 Å². The Balaban J connectivity index is 1.67. The molecule has 3 aromatic carbocycles. The summed E-state index contributed by atoms with van der Waals surface area (Å²) in [6, 6.07) is 17.8. The normalized spacial score (nSPS) is 15.6. The van der Waals surface area contributed by atoms with Crippen LogP contribution in [0, 0.1) is 17.2 Å². The number of halogens is 1. The maximum Gasteiger partial charge on any atom is 0.333 e. The van der Waals surface area contributed by atoms with E-state index in [-0.39, 0.29) is 38.9 Å². The van der Waals surface area contributed by atoms with Gasteiger partial charge in [-0.05, 0) is 129 Å². The number of carbonyl (C=O) groups is 2. The van der Waals surface area contributed by atoms with E-state index in [1.54, 1.807) is 19.9 Å². The van der Waals surface area contributed by atoms with Crippen LogP contribution in [0.1, 0.15) is 115 Å². The highest BCUT2D eigenvalue weighted by Gasteiger charge is 2.29. The maximum absolute atomic E-state index is 16.2. The molecule has 0 spiro atoms. The van der Waals surface area contributed by atoms with E-state index in [9.17, 15) is 19.8 Å². The molecule has 0 radical (unpaired) electrons. The van der Waals surface area contributed by atoms with Crippen molar-refractivity contribution in [3.05, 3.63) is 101 Å². The third kappa shape index (κ3) is 12.6. The minimum absolute atomic E-state index is 0.160. The van der Waals surface area contributed by atoms with Crippen LogP contribution in [0.2, 0.25) is 0 Å². The zero-order valence-corrected chi connectivity index (χ0v) is 34.1. The van der Waals surface area contributed by atoms with Crippen molar-refractivity contribution >= 4 is 11.9 Å². The van der Waals surface area contributed by atoms with Crippen molar-refractivity contribution in [3.8, 4) is 28.0 Å². The summed E-state index contributed by atoms with van der Waals surface area (Å²) in [5.74, 6) is 0.722. The van der Waals surface area contributed by atoms with Crippen LogP contribution in [0.5, 0.6) is 5.75 Å². The summed E-state index contributed by atoms with van der Waals surface area (Å²) < 4.78 is 33.6. The van der Waals surface area contributed by atoms with Crippen molar-refractivity contribution in [2.24, 2.45) is 11.3 Å². The molecule has 304 valence electrons. The number of hydrogen-bond donors (Lipinski definition) is 2. The zero-order valence-electron chi connectivity index (χ0n) is 34.1. The largest absolute Gasteiger partial charge is 0.493 e. The minimum atomic E-state index is -0.677. The van der Waals surface area contributed by atoms with Crippen molar-refractivity contribution in [1.82, 2.24) is 0 Å². The van der Waals surface area contributed by atoms with Crippen LogP contribution in [0.4, 0.5) is 4.39 Å². The van der Waals surface area contributed by atoms with Gasteiger partial charge in [-0.15, -0.1) is 0 Å². The number of esters is 2. The second-order valence-electron chi connectivity index (χ2n) is 16.0. The van der Waals surface area contributed by atoms with Crippen molar-refractivity contribution in [2.75, 3.05) is 33.0 Å². The Bertz CT molecular complexity index is 1710. The van der Waals surface area contributed by atoms with Crippen LogP contribution >= 0.6 is 0 Å². The third-order valence-corrected chi connectivity index (χ3v) is 11.2. The smallest absolute Gasteiger partial charge is 0.333 e. The second kappa shape index (κ2) is 21.9. The quantitative estimate of drug-likeness (QED) is 0.0596. The molecule has 0 saturated heterocycles. The molecule has 3 aromatic rings. The molecule has 0 atom stereocenters. The van der Waals surface area contributed by atoms with Gasteiger partial charge >= 0.3 is 11.9 Å². The molecule has 0 unspecified atom stereocenters. The van der Waals surface area contributed by atoms with Crippen LogP contribution in [0.3, 0.4) is 0 Å². The van der Waals surface area contributed by atoms with Crippen LogP contribution in [-0.2, 0) is 31.9 Å². The fourth-order valence-corrected chi connectivity index (χ4v) is 7.45. The summed E-state index contributed by atoms with van der Waals surface area (Å²) in [4.78, 5) is 24.2. The lowest BCUT2D eigenvalue weighted by molar-refractivity contribution is -0.139. The molecular weight excluding hydrogens is 708 g/mol. The fourth-order valence-electron chi connectivity index (χ4n) is 7.45. The van der Waals surface area contributed by atoms with Gasteiger partial charge in [-0.3, -0.25) is 0 Å². The Morgan fingerprint density at radius 3 is 1.80 bits per heavy atom. The lowest BCUT2D eigenvalue weighted by Crippen LogP contribution is -2.32. The van der Waals surface area contributed by atoms with E-state index in [1.165, 1.54) is 31.2 Å².